The number of para-hydroxylation sites is 1. The predicted molar refractivity (Wildman–Crippen MR) is 111 cm³/mol. The lowest BCUT2D eigenvalue weighted by molar-refractivity contribution is -0.123. The van der Waals surface area contributed by atoms with Gasteiger partial charge in [0.25, 0.3) is 5.91 Å². The first-order valence-electron chi connectivity index (χ1n) is 9.88. The number of rotatable bonds is 6. The summed E-state index contributed by atoms with van der Waals surface area (Å²) < 4.78 is 15.9. The van der Waals surface area contributed by atoms with Crippen LogP contribution in [0.2, 0.25) is 0 Å². The molecule has 1 heterocycles. The van der Waals surface area contributed by atoms with Gasteiger partial charge in [-0.2, -0.15) is 5.10 Å². The van der Waals surface area contributed by atoms with Crippen molar-refractivity contribution in [2.24, 2.45) is 5.10 Å². The Morgan fingerprint density at radius 3 is 2.65 bits per heavy atom. The zero-order valence-corrected chi connectivity index (χ0v) is 17.3. The van der Waals surface area contributed by atoms with Gasteiger partial charge >= 0.3 is 12.0 Å². The monoisotopic (exact) mass is 428 g/mol. The number of amides is 3. The second-order valence-electron chi connectivity index (χ2n) is 6.70. The van der Waals surface area contributed by atoms with Gasteiger partial charge in [-0.3, -0.25) is 20.4 Å². The van der Waals surface area contributed by atoms with Crippen molar-refractivity contribution in [2.75, 3.05) is 13.2 Å². The maximum atomic E-state index is 12.5. The van der Waals surface area contributed by atoms with Crippen molar-refractivity contribution in [3.63, 3.8) is 0 Å². The van der Waals surface area contributed by atoms with Crippen LogP contribution in [0.3, 0.4) is 0 Å². The van der Waals surface area contributed by atoms with Gasteiger partial charge in [0.15, 0.2) is 12.4 Å². The van der Waals surface area contributed by atoms with Crippen molar-refractivity contribution in [1.82, 2.24) is 16.3 Å². The van der Waals surface area contributed by atoms with Crippen molar-refractivity contribution in [2.45, 2.75) is 33.1 Å². The molecule has 2 aromatic rings. The van der Waals surface area contributed by atoms with Gasteiger partial charge in [0, 0.05) is 17.5 Å². The fourth-order valence-corrected chi connectivity index (χ4v) is 3.16. The Morgan fingerprint density at radius 2 is 1.90 bits per heavy atom. The fraction of sp³-hybridized carbons (Fsp3) is 0.333. The van der Waals surface area contributed by atoms with E-state index in [0.29, 0.717) is 41.2 Å². The highest BCUT2D eigenvalue weighted by atomic mass is 16.5. The van der Waals surface area contributed by atoms with Crippen molar-refractivity contribution < 1.29 is 28.3 Å². The van der Waals surface area contributed by atoms with Crippen LogP contribution in [-0.2, 0) is 16.0 Å². The number of nitrogens with one attached hydrogen (secondary N) is 3. The SMILES string of the molecule is CCOC(=O)N/N=C1\CCCc2oc(C(=O)NNC(=O)COc3ccccc3)c(C)c21. The molecular weight excluding hydrogens is 404 g/mol. The average molecular weight is 428 g/mol. The largest absolute Gasteiger partial charge is 0.484 e. The molecule has 3 N–H and O–H groups in total. The lowest BCUT2D eigenvalue weighted by Crippen LogP contribution is -2.43. The molecule has 164 valence electrons. The number of hydrogen-bond acceptors (Lipinski definition) is 7. The lowest BCUT2D eigenvalue weighted by Gasteiger charge is -2.13. The van der Waals surface area contributed by atoms with Crippen LogP contribution >= 0.6 is 0 Å². The number of benzene rings is 1. The zero-order valence-electron chi connectivity index (χ0n) is 17.3. The number of ether oxygens (including phenoxy) is 2. The first-order valence-corrected chi connectivity index (χ1v) is 9.88. The maximum Gasteiger partial charge on any atom is 0.427 e. The molecule has 0 bridgehead atoms. The molecule has 31 heavy (non-hydrogen) atoms. The average Bonchev–Trinajstić information content (AvgIpc) is 3.12. The minimum atomic E-state index is -0.651. The second kappa shape index (κ2) is 10.3. The minimum Gasteiger partial charge on any atom is -0.484 e. The van der Waals surface area contributed by atoms with E-state index in [-0.39, 0.29) is 19.0 Å². The van der Waals surface area contributed by atoms with E-state index >= 15 is 0 Å². The standard InChI is InChI=1S/C21H24N4O6/c1-3-29-21(28)25-22-15-10-7-11-16-18(15)13(2)19(31-16)20(27)24-23-17(26)12-30-14-8-5-4-6-9-14/h4-6,8-9H,3,7,10-12H2,1-2H3,(H,23,26)(H,24,27)(H,25,28)/b22-15+. The molecule has 1 aromatic carbocycles. The Hall–Kier alpha value is -3.82. The van der Waals surface area contributed by atoms with E-state index < -0.39 is 17.9 Å². The maximum absolute atomic E-state index is 12.5. The van der Waals surface area contributed by atoms with E-state index in [1.165, 1.54) is 0 Å². The molecule has 3 rings (SSSR count). The number of carbonyl (C=O) groups excluding carboxylic acids is 3. The van der Waals surface area contributed by atoms with E-state index in [4.69, 9.17) is 13.9 Å². The van der Waals surface area contributed by atoms with Crippen molar-refractivity contribution >= 4 is 23.6 Å². The summed E-state index contributed by atoms with van der Waals surface area (Å²) in [5, 5.41) is 4.12. The summed E-state index contributed by atoms with van der Waals surface area (Å²) in [6.45, 7) is 3.40. The van der Waals surface area contributed by atoms with Gasteiger partial charge in [-0.05, 0) is 38.8 Å². The van der Waals surface area contributed by atoms with Gasteiger partial charge in [-0.15, -0.1) is 0 Å². The highest BCUT2D eigenvalue weighted by Crippen LogP contribution is 2.29. The van der Waals surface area contributed by atoms with E-state index in [9.17, 15) is 14.4 Å². The molecule has 0 spiro atoms. The number of aryl methyl sites for hydroxylation is 1. The van der Waals surface area contributed by atoms with Gasteiger partial charge < -0.3 is 13.9 Å². The Balaban J connectivity index is 1.61. The molecule has 10 heteroatoms. The van der Waals surface area contributed by atoms with Gasteiger partial charge in [0.05, 0.1) is 12.3 Å². The number of hydrazine groups is 1. The number of fused-ring (bicyclic) bond motifs is 1. The highest BCUT2D eigenvalue weighted by Gasteiger charge is 2.28. The normalized spacial score (nSPS) is 13.8. The topological polar surface area (TPSA) is 131 Å². The van der Waals surface area contributed by atoms with E-state index in [1.807, 2.05) is 6.07 Å². The Labute approximate surface area is 178 Å². The quantitative estimate of drug-likeness (QED) is 0.605. The summed E-state index contributed by atoms with van der Waals surface area (Å²) in [5.74, 6) is 0.101. The first kappa shape index (κ1) is 21.9. The molecule has 0 aliphatic heterocycles. The third kappa shape index (κ3) is 5.62. The second-order valence-corrected chi connectivity index (χ2v) is 6.70. The van der Waals surface area contributed by atoms with Gasteiger partial charge in [-0.1, -0.05) is 18.2 Å². The molecule has 0 saturated heterocycles. The van der Waals surface area contributed by atoms with Crippen molar-refractivity contribution in [3.05, 3.63) is 53.0 Å². The predicted octanol–water partition coefficient (Wildman–Crippen LogP) is 2.21. The molecule has 0 radical (unpaired) electrons. The third-order valence-corrected chi connectivity index (χ3v) is 4.52. The van der Waals surface area contributed by atoms with Gasteiger partial charge in [0.1, 0.15) is 11.5 Å². The highest BCUT2D eigenvalue weighted by molar-refractivity contribution is 6.06. The van der Waals surface area contributed by atoms with Crippen LogP contribution in [-0.4, -0.2) is 36.8 Å². The number of furan rings is 1. The van der Waals surface area contributed by atoms with Crippen LogP contribution < -0.4 is 21.0 Å². The smallest absolute Gasteiger partial charge is 0.427 e. The summed E-state index contributed by atoms with van der Waals surface area (Å²) >= 11 is 0. The third-order valence-electron chi connectivity index (χ3n) is 4.52. The molecule has 1 aromatic heterocycles. The minimum absolute atomic E-state index is 0.0695. The number of hydrogen-bond donors (Lipinski definition) is 3. The van der Waals surface area contributed by atoms with Gasteiger partial charge in [-0.25, -0.2) is 10.2 Å². The van der Waals surface area contributed by atoms with Crippen LogP contribution in [0.5, 0.6) is 5.75 Å². The fourth-order valence-electron chi connectivity index (χ4n) is 3.16. The van der Waals surface area contributed by atoms with E-state index in [1.54, 1.807) is 38.1 Å². The number of carbonyl (C=O) groups is 3. The number of nitrogens with zero attached hydrogens (tertiary/aromatic N) is 1. The van der Waals surface area contributed by atoms with Crippen LogP contribution in [0.15, 0.2) is 39.9 Å². The summed E-state index contributed by atoms with van der Waals surface area (Å²) in [6, 6.07) is 8.85. The van der Waals surface area contributed by atoms with E-state index in [2.05, 4.69) is 21.4 Å². The van der Waals surface area contributed by atoms with Crippen LogP contribution in [0.4, 0.5) is 4.79 Å². The molecule has 0 saturated carbocycles. The molecule has 1 aliphatic carbocycles. The summed E-state index contributed by atoms with van der Waals surface area (Å²) in [4.78, 5) is 36.0. The Morgan fingerprint density at radius 1 is 1.13 bits per heavy atom. The molecule has 0 atom stereocenters. The lowest BCUT2D eigenvalue weighted by atomic mass is 9.93. The number of hydrazone groups is 1. The molecular formula is C21H24N4O6. The van der Waals surface area contributed by atoms with Crippen molar-refractivity contribution in [3.8, 4) is 5.75 Å². The van der Waals surface area contributed by atoms with E-state index in [0.717, 1.165) is 6.42 Å². The molecule has 0 fully saturated rings. The Bertz CT molecular complexity index is 983. The first-order chi connectivity index (χ1) is 15.0. The zero-order chi connectivity index (χ0) is 22.2. The van der Waals surface area contributed by atoms with Crippen molar-refractivity contribution in [1.29, 1.82) is 0 Å². The molecule has 0 unspecified atom stereocenters. The van der Waals surface area contributed by atoms with Crippen LogP contribution in [0, 0.1) is 6.92 Å². The Kier molecular flexibility index (Phi) is 7.26. The molecule has 1 aliphatic rings. The molecule has 3 amide bonds. The van der Waals surface area contributed by atoms with Gasteiger partial charge in [0.2, 0.25) is 0 Å². The summed E-state index contributed by atoms with van der Waals surface area (Å²) in [6.07, 6.45) is 1.37. The van der Waals surface area contributed by atoms with Crippen LogP contribution in [0.1, 0.15) is 47.2 Å². The molecule has 10 nitrogen and oxygen atoms in total. The summed E-state index contributed by atoms with van der Waals surface area (Å²) in [5.41, 5.74) is 8.83. The summed E-state index contributed by atoms with van der Waals surface area (Å²) in [7, 11) is 0. The van der Waals surface area contributed by atoms with Crippen LogP contribution in [0.25, 0.3) is 0 Å².